The zero-order chi connectivity index (χ0) is 13.8. The van der Waals surface area contributed by atoms with Crippen LogP contribution in [0.15, 0.2) is 20.8 Å². The Hall–Kier alpha value is -1.21. The first-order valence-corrected chi connectivity index (χ1v) is 7.69. The van der Waals surface area contributed by atoms with E-state index in [-0.39, 0.29) is 5.56 Å². The van der Waals surface area contributed by atoms with Gasteiger partial charge in [-0.2, -0.15) is 5.10 Å². The third-order valence-electron chi connectivity index (χ3n) is 2.61. The van der Waals surface area contributed by atoms with E-state index in [0.29, 0.717) is 11.0 Å². The molecule has 0 amide bonds. The van der Waals surface area contributed by atoms with Crippen LogP contribution in [0, 0.1) is 6.92 Å². The average Bonchev–Trinajstić information content (AvgIpc) is 2.81. The Morgan fingerprint density at radius 1 is 1.53 bits per heavy atom. The standard InChI is InChI=1S/C12H15BrN4OS/c1-3-17-12(18)11(13)9(6-15-17)14-5-4-10-16-8(2)7-19-10/h6-7,14H,3-5H2,1-2H3. The SMILES string of the molecule is CCn1ncc(NCCc2nc(C)cs2)c(Br)c1=O. The molecule has 102 valence electrons. The molecule has 2 aromatic rings. The second-order valence-electron chi connectivity index (χ2n) is 4.05. The average molecular weight is 343 g/mol. The number of anilines is 1. The summed E-state index contributed by atoms with van der Waals surface area (Å²) in [5, 5.41) is 10.4. The number of rotatable bonds is 5. The molecule has 0 saturated heterocycles. The van der Waals surface area contributed by atoms with Gasteiger partial charge >= 0.3 is 0 Å². The summed E-state index contributed by atoms with van der Waals surface area (Å²) in [5.74, 6) is 0. The van der Waals surface area contributed by atoms with Crippen molar-refractivity contribution in [1.29, 1.82) is 0 Å². The highest BCUT2D eigenvalue weighted by Gasteiger charge is 2.07. The molecular formula is C12H15BrN4OS. The molecule has 19 heavy (non-hydrogen) atoms. The van der Waals surface area contributed by atoms with E-state index in [4.69, 9.17) is 0 Å². The van der Waals surface area contributed by atoms with Crippen molar-refractivity contribution in [3.05, 3.63) is 37.1 Å². The Morgan fingerprint density at radius 2 is 2.32 bits per heavy atom. The van der Waals surface area contributed by atoms with Gasteiger partial charge in [0.1, 0.15) is 4.47 Å². The van der Waals surface area contributed by atoms with E-state index < -0.39 is 0 Å². The zero-order valence-electron chi connectivity index (χ0n) is 10.8. The summed E-state index contributed by atoms with van der Waals surface area (Å²) in [7, 11) is 0. The van der Waals surface area contributed by atoms with E-state index in [2.05, 4.69) is 31.3 Å². The van der Waals surface area contributed by atoms with Crippen LogP contribution < -0.4 is 10.9 Å². The summed E-state index contributed by atoms with van der Waals surface area (Å²) in [6.07, 6.45) is 2.50. The van der Waals surface area contributed by atoms with Crippen LogP contribution in [0.1, 0.15) is 17.6 Å². The van der Waals surface area contributed by atoms with Crippen LogP contribution in [-0.4, -0.2) is 21.3 Å². The van der Waals surface area contributed by atoms with Gasteiger partial charge in [-0.05, 0) is 29.8 Å². The van der Waals surface area contributed by atoms with Crippen molar-refractivity contribution in [3.63, 3.8) is 0 Å². The number of nitrogens with one attached hydrogen (secondary N) is 1. The van der Waals surface area contributed by atoms with Crippen molar-refractivity contribution in [2.24, 2.45) is 0 Å². The van der Waals surface area contributed by atoms with Gasteiger partial charge in [0.2, 0.25) is 0 Å². The molecule has 0 fully saturated rings. The van der Waals surface area contributed by atoms with Gasteiger partial charge < -0.3 is 5.32 Å². The Morgan fingerprint density at radius 3 is 2.95 bits per heavy atom. The lowest BCUT2D eigenvalue weighted by Gasteiger charge is -2.08. The number of halogens is 1. The predicted octanol–water partition coefficient (Wildman–Crippen LogP) is 2.45. The molecular weight excluding hydrogens is 328 g/mol. The van der Waals surface area contributed by atoms with Gasteiger partial charge in [0.25, 0.3) is 5.56 Å². The molecule has 5 nitrogen and oxygen atoms in total. The van der Waals surface area contributed by atoms with Crippen LogP contribution in [0.3, 0.4) is 0 Å². The fourth-order valence-electron chi connectivity index (χ4n) is 1.64. The Kier molecular flexibility index (Phi) is 4.71. The lowest BCUT2D eigenvalue weighted by molar-refractivity contribution is 0.613. The van der Waals surface area contributed by atoms with E-state index >= 15 is 0 Å². The molecule has 2 heterocycles. The van der Waals surface area contributed by atoms with E-state index in [9.17, 15) is 4.79 Å². The molecule has 0 radical (unpaired) electrons. The Labute approximate surface area is 123 Å². The fourth-order valence-corrected chi connectivity index (χ4v) is 2.86. The summed E-state index contributed by atoms with van der Waals surface area (Å²) in [6, 6.07) is 0. The van der Waals surface area contributed by atoms with Gasteiger partial charge in [-0.15, -0.1) is 11.3 Å². The summed E-state index contributed by atoms with van der Waals surface area (Å²) in [6.45, 7) is 5.16. The van der Waals surface area contributed by atoms with Crippen LogP contribution in [0.2, 0.25) is 0 Å². The van der Waals surface area contributed by atoms with Gasteiger partial charge in [0.15, 0.2) is 0 Å². The summed E-state index contributed by atoms with van der Waals surface area (Å²) in [5.41, 5.74) is 1.66. The molecule has 7 heteroatoms. The maximum Gasteiger partial charge on any atom is 0.283 e. The Balaban J connectivity index is 2.00. The highest BCUT2D eigenvalue weighted by molar-refractivity contribution is 9.10. The summed E-state index contributed by atoms with van der Waals surface area (Å²) < 4.78 is 1.94. The Bertz CT molecular complexity index is 622. The highest BCUT2D eigenvalue weighted by Crippen LogP contribution is 2.16. The van der Waals surface area contributed by atoms with Crippen LogP contribution in [0.5, 0.6) is 0 Å². The van der Waals surface area contributed by atoms with E-state index in [1.54, 1.807) is 17.5 Å². The molecule has 0 spiro atoms. The van der Waals surface area contributed by atoms with E-state index in [1.807, 2.05) is 19.2 Å². The van der Waals surface area contributed by atoms with Gasteiger partial charge in [0.05, 0.1) is 16.9 Å². The second-order valence-corrected chi connectivity index (χ2v) is 5.79. The van der Waals surface area contributed by atoms with Crippen LogP contribution in [-0.2, 0) is 13.0 Å². The smallest absolute Gasteiger partial charge is 0.283 e. The first-order chi connectivity index (χ1) is 9.11. The molecule has 0 saturated carbocycles. The molecule has 2 rings (SSSR count). The monoisotopic (exact) mass is 342 g/mol. The number of nitrogens with zero attached hydrogens (tertiary/aromatic N) is 3. The molecule has 1 N–H and O–H groups in total. The van der Waals surface area contributed by atoms with Gasteiger partial charge in [-0.25, -0.2) is 9.67 Å². The van der Waals surface area contributed by atoms with Crippen molar-refractivity contribution < 1.29 is 0 Å². The maximum atomic E-state index is 11.9. The summed E-state index contributed by atoms with van der Waals surface area (Å²) in [4.78, 5) is 16.3. The van der Waals surface area contributed by atoms with Crippen molar-refractivity contribution in [2.75, 3.05) is 11.9 Å². The third kappa shape index (κ3) is 3.42. The maximum absolute atomic E-state index is 11.9. The van der Waals surface area contributed by atoms with Crippen molar-refractivity contribution in [2.45, 2.75) is 26.8 Å². The minimum Gasteiger partial charge on any atom is -0.382 e. The molecule has 0 unspecified atom stereocenters. The van der Waals surface area contributed by atoms with Gasteiger partial charge in [-0.1, -0.05) is 0 Å². The number of hydrogen-bond donors (Lipinski definition) is 1. The first kappa shape index (κ1) is 14.2. The predicted molar refractivity (Wildman–Crippen MR) is 80.9 cm³/mol. The number of thiazole rings is 1. The van der Waals surface area contributed by atoms with E-state index in [1.165, 1.54) is 4.68 Å². The largest absolute Gasteiger partial charge is 0.382 e. The van der Waals surface area contributed by atoms with Crippen molar-refractivity contribution >= 4 is 33.0 Å². The lowest BCUT2D eigenvalue weighted by atomic mass is 10.4. The van der Waals surface area contributed by atoms with Gasteiger partial charge in [-0.3, -0.25) is 4.79 Å². The number of aromatic nitrogens is 3. The molecule has 2 aromatic heterocycles. The number of aryl methyl sites for hydroxylation is 2. The van der Waals surface area contributed by atoms with Crippen molar-refractivity contribution in [3.8, 4) is 0 Å². The van der Waals surface area contributed by atoms with Crippen molar-refractivity contribution in [1.82, 2.24) is 14.8 Å². The third-order valence-corrected chi connectivity index (χ3v) is 4.40. The minimum atomic E-state index is -0.113. The topological polar surface area (TPSA) is 59.8 Å². The molecule has 0 aliphatic heterocycles. The van der Waals surface area contributed by atoms with Gasteiger partial charge in [0, 0.05) is 30.6 Å². The lowest BCUT2D eigenvalue weighted by Crippen LogP contribution is -2.23. The zero-order valence-corrected chi connectivity index (χ0v) is 13.2. The quantitative estimate of drug-likeness (QED) is 0.906. The molecule has 0 bridgehead atoms. The number of hydrogen-bond acceptors (Lipinski definition) is 5. The van der Waals surface area contributed by atoms with Crippen LogP contribution in [0.25, 0.3) is 0 Å². The fraction of sp³-hybridized carbons (Fsp3) is 0.417. The molecule has 0 aromatic carbocycles. The molecule has 0 aliphatic rings. The minimum absolute atomic E-state index is 0.113. The van der Waals surface area contributed by atoms with Crippen LogP contribution >= 0.6 is 27.3 Å². The summed E-state index contributed by atoms with van der Waals surface area (Å²) >= 11 is 4.97. The van der Waals surface area contributed by atoms with Crippen LogP contribution in [0.4, 0.5) is 5.69 Å². The highest BCUT2D eigenvalue weighted by atomic mass is 79.9. The normalized spacial score (nSPS) is 10.7. The first-order valence-electron chi connectivity index (χ1n) is 6.02. The van der Waals surface area contributed by atoms with E-state index in [0.717, 1.165) is 29.4 Å². The molecule has 0 atom stereocenters. The second kappa shape index (κ2) is 6.29. The molecule has 0 aliphatic carbocycles.